The standard InChI is InChI=1S/C10H10Cl3NO2/c1-5(10(15)16)4-14-9-7(12)2-6(11)3-8(9)13/h2-3,5,14H,4H2,1H3,(H,15,16). The monoisotopic (exact) mass is 281 g/mol. The summed E-state index contributed by atoms with van der Waals surface area (Å²) < 4.78 is 0. The van der Waals surface area contributed by atoms with Crippen molar-refractivity contribution in [3.05, 3.63) is 27.2 Å². The minimum absolute atomic E-state index is 0.246. The maximum absolute atomic E-state index is 10.6. The summed E-state index contributed by atoms with van der Waals surface area (Å²) in [4.78, 5) is 10.6. The number of hydrogen-bond donors (Lipinski definition) is 2. The molecule has 6 heteroatoms. The Morgan fingerprint density at radius 1 is 1.38 bits per heavy atom. The quantitative estimate of drug-likeness (QED) is 0.883. The first-order valence-corrected chi connectivity index (χ1v) is 5.66. The van der Waals surface area contributed by atoms with E-state index in [1.54, 1.807) is 19.1 Å². The van der Waals surface area contributed by atoms with Crippen molar-refractivity contribution in [2.45, 2.75) is 6.92 Å². The second-order valence-corrected chi connectivity index (χ2v) is 4.62. The minimum atomic E-state index is -0.881. The van der Waals surface area contributed by atoms with Gasteiger partial charge in [-0.1, -0.05) is 41.7 Å². The highest BCUT2D eigenvalue weighted by molar-refractivity contribution is 6.41. The summed E-state index contributed by atoms with van der Waals surface area (Å²) in [5.74, 6) is -1.41. The molecule has 1 aromatic rings. The average Bonchev–Trinajstić information content (AvgIpc) is 2.15. The molecule has 0 heterocycles. The number of aliphatic carboxylic acids is 1. The molecule has 0 saturated carbocycles. The fourth-order valence-corrected chi connectivity index (χ4v) is 2.00. The fraction of sp³-hybridized carbons (Fsp3) is 0.300. The van der Waals surface area contributed by atoms with Crippen LogP contribution in [0.25, 0.3) is 0 Å². The van der Waals surface area contributed by atoms with Crippen LogP contribution < -0.4 is 5.32 Å². The molecule has 1 unspecified atom stereocenters. The van der Waals surface area contributed by atoms with Crippen molar-refractivity contribution in [2.75, 3.05) is 11.9 Å². The summed E-state index contributed by atoms with van der Waals surface area (Å²) in [5.41, 5.74) is 0.501. The molecule has 88 valence electrons. The lowest BCUT2D eigenvalue weighted by Gasteiger charge is -2.12. The predicted molar refractivity (Wildman–Crippen MR) is 66.8 cm³/mol. The van der Waals surface area contributed by atoms with E-state index < -0.39 is 11.9 Å². The van der Waals surface area contributed by atoms with Gasteiger partial charge in [0.25, 0.3) is 0 Å². The third-order valence-electron chi connectivity index (χ3n) is 2.01. The van der Waals surface area contributed by atoms with Crippen molar-refractivity contribution in [3.63, 3.8) is 0 Å². The number of carbonyl (C=O) groups is 1. The number of rotatable bonds is 4. The van der Waals surface area contributed by atoms with E-state index in [0.717, 1.165) is 0 Å². The third kappa shape index (κ3) is 3.44. The van der Waals surface area contributed by atoms with Gasteiger partial charge in [-0.25, -0.2) is 0 Å². The molecule has 1 aromatic carbocycles. The molecule has 0 aliphatic rings. The van der Waals surface area contributed by atoms with Crippen LogP contribution in [0.3, 0.4) is 0 Å². The molecule has 3 nitrogen and oxygen atoms in total. The molecule has 16 heavy (non-hydrogen) atoms. The van der Waals surface area contributed by atoms with E-state index in [1.165, 1.54) is 0 Å². The molecular weight excluding hydrogens is 272 g/mol. The van der Waals surface area contributed by atoms with Crippen molar-refractivity contribution in [1.82, 2.24) is 0 Å². The van der Waals surface area contributed by atoms with Gasteiger partial charge in [-0.3, -0.25) is 4.79 Å². The second kappa shape index (κ2) is 5.62. The van der Waals surface area contributed by atoms with Gasteiger partial charge < -0.3 is 10.4 Å². The van der Waals surface area contributed by atoms with Gasteiger partial charge in [-0.2, -0.15) is 0 Å². The molecule has 0 aliphatic carbocycles. The van der Waals surface area contributed by atoms with Gasteiger partial charge in [0.1, 0.15) is 0 Å². The van der Waals surface area contributed by atoms with Crippen LogP contribution in [-0.4, -0.2) is 17.6 Å². The summed E-state index contributed by atoms with van der Waals surface area (Å²) in [7, 11) is 0. The predicted octanol–water partition coefficient (Wildman–Crippen LogP) is 3.78. The number of carboxylic acid groups (broad SMARTS) is 1. The van der Waals surface area contributed by atoms with E-state index in [9.17, 15) is 4.79 Å². The summed E-state index contributed by atoms with van der Waals surface area (Å²) in [5, 5.41) is 12.8. The highest BCUT2D eigenvalue weighted by atomic mass is 35.5. The van der Waals surface area contributed by atoms with E-state index >= 15 is 0 Å². The van der Waals surface area contributed by atoms with Crippen molar-refractivity contribution in [2.24, 2.45) is 5.92 Å². The van der Waals surface area contributed by atoms with E-state index in [0.29, 0.717) is 20.8 Å². The molecule has 0 aromatic heterocycles. The first kappa shape index (κ1) is 13.4. The lowest BCUT2D eigenvalue weighted by molar-refractivity contribution is -0.140. The smallest absolute Gasteiger partial charge is 0.308 e. The van der Waals surface area contributed by atoms with Crippen LogP contribution in [0.15, 0.2) is 12.1 Å². The Hall–Kier alpha value is -0.640. The summed E-state index contributed by atoms with van der Waals surface area (Å²) >= 11 is 17.6. The maximum atomic E-state index is 10.6. The fourth-order valence-electron chi connectivity index (χ4n) is 1.05. The molecule has 2 N–H and O–H groups in total. The molecule has 1 atom stereocenters. The van der Waals surface area contributed by atoms with Gasteiger partial charge in [0.05, 0.1) is 21.7 Å². The van der Waals surface area contributed by atoms with Crippen molar-refractivity contribution >= 4 is 46.5 Å². The molecule has 0 amide bonds. The first-order valence-electron chi connectivity index (χ1n) is 4.53. The van der Waals surface area contributed by atoms with Crippen LogP contribution in [-0.2, 0) is 4.79 Å². The van der Waals surface area contributed by atoms with E-state index in [1.807, 2.05) is 0 Å². The number of halogens is 3. The summed E-state index contributed by atoms with van der Waals surface area (Å²) in [6.45, 7) is 1.84. The number of nitrogens with one attached hydrogen (secondary N) is 1. The van der Waals surface area contributed by atoms with Gasteiger partial charge in [-0.15, -0.1) is 0 Å². The van der Waals surface area contributed by atoms with Gasteiger partial charge in [0, 0.05) is 11.6 Å². The SMILES string of the molecule is CC(CNc1c(Cl)cc(Cl)cc1Cl)C(=O)O. The Morgan fingerprint density at radius 3 is 2.31 bits per heavy atom. The summed E-state index contributed by atoms with van der Waals surface area (Å²) in [6.07, 6.45) is 0. The van der Waals surface area contributed by atoms with Crippen LogP contribution in [0.5, 0.6) is 0 Å². The van der Waals surface area contributed by atoms with Gasteiger partial charge in [-0.05, 0) is 12.1 Å². The minimum Gasteiger partial charge on any atom is -0.481 e. The van der Waals surface area contributed by atoms with E-state index in [-0.39, 0.29) is 6.54 Å². The molecule has 0 bridgehead atoms. The topological polar surface area (TPSA) is 49.3 Å². The first-order chi connectivity index (χ1) is 7.41. The lowest BCUT2D eigenvalue weighted by atomic mass is 10.2. The van der Waals surface area contributed by atoms with Gasteiger partial charge in [0.15, 0.2) is 0 Å². The zero-order valence-electron chi connectivity index (χ0n) is 8.43. The Balaban J connectivity index is 2.78. The number of anilines is 1. The van der Waals surface area contributed by atoms with Crippen LogP contribution in [0, 0.1) is 5.92 Å². The van der Waals surface area contributed by atoms with Crippen molar-refractivity contribution in [1.29, 1.82) is 0 Å². The Kier molecular flexibility index (Phi) is 4.71. The number of benzene rings is 1. The Labute approximate surface area is 108 Å². The normalized spacial score (nSPS) is 12.2. The van der Waals surface area contributed by atoms with Crippen LogP contribution in [0.4, 0.5) is 5.69 Å². The molecule has 0 radical (unpaired) electrons. The van der Waals surface area contributed by atoms with Crippen LogP contribution in [0.2, 0.25) is 15.1 Å². The number of carboxylic acids is 1. The van der Waals surface area contributed by atoms with E-state index in [2.05, 4.69) is 5.32 Å². The zero-order valence-corrected chi connectivity index (χ0v) is 10.7. The lowest BCUT2D eigenvalue weighted by Crippen LogP contribution is -2.19. The summed E-state index contributed by atoms with van der Waals surface area (Å²) in [6, 6.07) is 3.09. The Bertz CT molecular complexity index is 386. The third-order valence-corrected chi connectivity index (χ3v) is 2.83. The number of hydrogen-bond acceptors (Lipinski definition) is 2. The highest BCUT2D eigenvalue weighted by Gasteiger charge is 2.13. The molecule has 0 saturated heterocycles. The van der Waals surface area contributed by atoms with Crippen molar-refractivity contribution < 1.29 is 9.90 Å². The van der Waals surface area contributed by atoms with Crippen molar-refractivity contribution in [3.8, 4) is 0 Å². The van der Waals surface area contributed by atoms with Gasteiger partial charge in [0.2, 0.25) is 0 Å². The average molecular weight is 283 g/mol. The van der Waals surface area contributed by atoms with Crippen LogP contribution >= 0.6 is 34.8 Å². The largest absolute Gasteiger partial charge is 0.481 e. The molecule has 0 spiro atoms. The Morgan fingerprint density at radius 2 is 1.88 bits per heavy atom. The van der Waals surface area contributed by atoms with E-state index in [4.69, 9.17) is 39.9 Å². The molecule has 0 aliphatic heterocycles. The molecule has 0 fully saturated rings. The highest BCUT2D eigenvalue weighted by Crippen LogP contribution is 2.33. The second-order valence-electron chi connectivity index (χ2n) is 3.36. The maximum Gasteiger partial charge on any atom is 0.308 e. The van der Waals surface area contributed by atoms with Gasteiger partial charge >= 0.3 is 5.97 Å². The molecular formula is C10H10Cl3NO2. The van der Waals surface area contributed by atoms with Crippen LogP contribution in [0.1, 0.15) is 6.92 Å². The molecule has 1 rings (SSSR count). The zero-order chi connectivity index (χ0) is 12.3.